The maximum absolute atomic E-state index is 13.0. The van der Waals surface area contributed by atoms with Crippen molar-refractivity contribution in [1.29, 1.82) is 0 Å². The van der Waals surface area contributed by atoms with Gasteiger partial charge < -0.3 is 14.4 Å². The van der Waals surface area contributed by atoms with E-state index in [0.717, 1.165) is 28.4 Å². The lowest BCUT2D eigenvalue weighted by molar-refractivity contribution is -0.125. The highest BCUT2D eigenvalue weighted by Gasteiger charge is 2.47. The van der Waals surface area contributed by atoms with Crippen molar-refractivity contribution in [2.75, 3.05) is 19.1 Å². The van der Waals surface area contributed by atoms with Crippen LogP contribution < -0.4 is 14.4 Å². The fourth-order valence-electron chi connectivity index (χ4n) is 3.54. The molecule has 2 unspecified atom stereocenters. The van der Waals surface area contributed by atoms with Gasteiger partial charge in [-0.15, -0.1) is 0 Å². The summed E-state index contributed by atoms with van der Waals surface area (Å²) in [4.78, 5) is 19.4. The number of hydrogen-bond acceptors (Lipinski definition) is 4. The molecule has 0 radical (unpaired) electrons. The van der Waals surface area contributed by atoms with E-state index in [1.165, 1.54) is 0 Å². The molecule has 0 N–H and O–H groups in total. The van der Waals surface area contributed by atoms with Crippen molar-refractivity contribution in [3.05, 3.63) is 84.4 Å². The fraction of sp³-hybridized carbons (Fsp3) is 0.167. The maximum Gasteiger partial charge on any atom is 0.237 e. The van der Waals surface area contributed by atoms with Crippen molar-refractivity contribution in [2.24, 2.45) is 4.99 Å². The first-order valence-electron chi connectivity index (χ1n) is 9.41. The molecule has 1 aliphatic heterocycles. The SMILES string of the molecule is COc1ccc(N=CC2C(c3ccccc3)C(=O)N2c2ccc(OC)cc2)cc1. The molecular formula is C24H22N2O3. The number of nitrogens with zero attached hydrogens (tertiary/aromatic N) is 2. The molecule has 0 spiro atoms. The molecule has 5 heteroatoms. The van der Waals surface area contributed by atoms with Crippen molar-refractivity contribution in [3.63, 3.8) is 0 Å². The molecule has 1 heterocycles. The van der Waals surface area contributed by atoms with E-state index in [4.69, 9.17) is 9.47 Å². The molecule has 0 saturated carbocycles. The van der Waals surface area contributed by atoms with E-state index in [1.54, 1.807) is 19.1 Å². The first-order valence-corrected chi connectivity index (χ1v) is 9.41. The van der Waals surface area contributed by atoms with Gasteiger partial charge in [0.15, 0.2) is 0 Å². The number of anilines is 1. The van der Waals surface area contributed by atoms with Gasteiger partial charge in [0.2, 0.25) is 5.91 Å². The molecule has 5 nitrogen and oxygen atoms in total. The Kier molecular flexibility index (Phi) is 5.29. The molecule has 0 bridgehead atoms. The highest BCUT2D eigenvalue weighted by molar-refractivity contribution is 6.12. The topological polar surface area (TPSA) is 51.1 Å². The van der Waals surface area contributed by atoms with Crippen LogP contribution in [0.1, 0.15) is 11.5 Å². The van der Waals surface area contributed by atoms with Gasteiger partial charge >= 0.3 is 0 Å². The number of rotatable bonds is 6. The molecule has 1 amide bonds. The van der Waals surface area contributed by atoms with Gasteiger partial charge in [-0.05, 0) is 54.1 Å². The molecule has 1 fully saturated rings. The molecule has 3 aromatic carbocycles. The standard InChI is InChI=1S/C24H22N2O3/c1-28-20-12-8-18(9-13-20)25-16-22-23(17-6-4-3-5-7-17)24(27)26(22)19-10-14-21(29-2)15-11-19/h3-16,22-23H,1-2H3. The van der Waals surface area contributed by atoms with Crippen LogP contribution >= 0.6 is 0 Å². The van der Waals surface area contributed by atoms with E-state index in [-0.39, 0.29) is 17.9 Å². The van der Waals surface area contributed by atoms with Crippen molar-refractivity contribution in [3.8, 4) is 11.5 Å². The van der Waals surface area contributed by atoms with Crippen LogP contribution in [0.3, 0.4) is 0 Å². The van der Waals surface area contributed by atoms with E-state index in [2.05, 4.69) is 4.99 Å². The monoisotopic (exact) mass is 386 g/mol. The third-order valence-electron chi connectivity index (χ3n) is 5.10. The van der Waals surface area contributed by atoms with E-state index in [1.807, 2.05) is 85.1 Å². The van der Waals surface area contributed by atoms with E-state index in [0.29, 0.717) is 0 Å². The number of aliphatic imine (C=N–C) groups is 1. The Hall–Kier alpha value is -3.60. The summed E-state index contributed by atoms with van der Waals surface area (Å²) < 4.78 is 10.4. The van der Waals surface area contributed by atoms with Crippen LogP contribution in [-0.4, -0.2) is 32.4 Å². The molecule has 2 atom stereocenters. The van der Waals surface area contributed by atoms with Gasteiger partial charge in [-0.3, -0.25) is 9.79 Å². The van der Waals surface area contributed by atoms with Gasteiger partial charge in [0.05, 0.1) is 31.9 Å². The zero-order valence-electron chi connectivity index (χ0n) is 16.4. The number of hydrogen-bond donors (Lipinski definition) is 0. The lowest BCUT2D eigenvalue weighted by Gasteiger charge is -2.45. The van der Waals surface area contributed by atoms with Crippen molar-refractivity contribution in [2.45, 2.75) is 12.0 Å². The Morgan fingerprint density at radius 2 is 1.41 bits per heavy atom. The molecule has 0 aliphatic carbocycles. The predicted molar refractivity (Wildman–Crippen MR) is 115 cm³/mol. The van der Waals surface area contributed by atoms with E-state index < -0.39 is 0 Å². The zero-order chi connectivity index (χ0) is 20.2. The Balaban J connectivity index is 1.64. The third kappa shape index (κ3) is 3.72. The summed E-state index contributed by atoms with van der Waals surface area (Å²) in [5.41, 5.74) is 2.63. The van der Waals surface area contributed by atoms with Crippen LogP contribution in [0.15, 0.2) is 83.9 Å². The molecule has 146 valence electrons. The number of β-lactam (4-membered cyclic amide) rings is 1. The Morgan fingerprint density at radius 1 is 0.828 bits per heavy atom. The lowest BCUT2D eigenvalue weighted by atomic mass is 9.81. The molecule has 1 aliphatic rings. The molecule has 1 saturated heterocycles. The average Bonchev–Trinajstić information content (AvgIpc) is 2.78. The predicted octanol–water partition coefficient (Wildman–Crippen LogP) is 4.61. The largest absolute Gasteiger partial charge is 0.497 e. The molecule has 0 aromatic heterocycles. The normalized spacial score (nSPS) is 18.6. The molecular weight excluding hydrogens is 364 g/mol. The summed E-state index contributed by atoms with van der Waals surface area (Å²) in [6.07, 6.45) is 1.85. The zero-order valence-corrected chi connectivity index (χ0v) is 16.4. The van der Waals surface area contributed by atoms with Crippen LogP contribution in [0.2, 0.25) is 0 Å². The highest BCUT2D eigenvalue weighted by Crippen LogP contribution is 2.39. The first-order chi connectivity index (χ1) is 14.2. The van der Waals surface area contributed by atoms with Crippen molar-refractivity contribution < 1.29 is 14.3 Å². The van der Waals surface area contributed by atoms with Gasteiger partial charge in [0, 0.05) is 11.9 Å². The van der Waals surface area contributed by atoms with E-state index in [9.17, 15) is 4.79 Å². The Bertz CT molecular complexity index is 999. The summed E-state index contributed by atoms with van der Waals surface area (Å²) >= 11 is 0. The summed E-state index contributed by atoms with van der Waals surface area (Å²) in [5, 5.41) is 0. The number of methoxy groups -OCH3 is 2. The summed E-state index contributed by atoms with van der Waals surface area (Å²) in [7, 11) is 3.26. The van der Waals surface area contributed by atoms with Gasteiger partial charge in [-0.1, -0.05) is 30.3 Å². The number of benzene rings is 3. The first kappa shape index (κ1) is 18.7. The van der Waals surface area contributed by atoms with Crippen LogP contribution in [0.5, 0.6) is 11.5 Å². The Labute approximate surface area is 170 Å². The summed E-state index contributed by atoms with van der Waals surface area (Å²) in [5.74, 6) is 1.35. The van der Waals surface area contributed by atoms with Crippen molar-refractivity contribution in [1.82, 2.24) is 0 Å². The number of carbonyl (C=O) groups excluding carboxylic acids is 1. The number of carbonyl (C=O) groups is 1. The quantitative estimate of drug-likeness (QED) is 0.459. The fourth-order valence-corrected chi connectivity index (χ4v) is 3.54. The van der Waals surface area contributed by atoms with Crippen molar-refractivity contribution >= 4 is 23.5 Å². The minimum absolute atomic E-state index is 0.0625. The second kappa shape index (κ2) is 8.19. The van der Waals surface area contributed by atoms with Crippen LogP contribution in [0, 0.1) is 0 Å². The second-order valence-electron chi connectivity index (χ2n) is 6.76. The van der Waals surface area contributed by atoms with Crippen LogP contribution in [0.4, 0.5) is 11.4 Å². The van der Waals surface area contributed by atoms with Crippen LogP contribution in [-0.2, 0) is 4.79 Å². The van der Waals surface area contributed by atoms with Gasteiger partial charge in [-0.2, -0.15) is 0 Å². The smallest absolute Gasteiger partial charge is 0.237 e. The van der Waals surface area contributed by atoms with E-state index >= 15 is 0 Å². The van der Waals surface area contributed by atoms with Gasteiger partial charge in [-0.25, -0.2) is 0 Å². The lowest BCUT2D eigenvalue weighted by Crippen LogP contribution is -2.60. The van der Waals surface area contributed by atoms with Crippen LogP contribution in [0.25, 0.3) is 0 Å². The third-order valence-corrected chi connectivity index (χ3v) is 5.10. The molecule has 29 heavy (non-hydrogen) atoms. The minimum Gasteiger partial charge on any atom is -0.497 e. The summed E-state index contributed by atoms with van der Waals surface area (Å²) in [6, 6.07) is 24.7. The van der Waals surface area contributed by atoms with Gasteiger partial charge in [0.25, 0.3) is 0 Å². The minimum atomic E-state index is -0.250. The average molecular weight is 386 g/mol. The highest BCUT2D eigenvalue weighted by atomic mass is 16.5. The summed E-state index contributed by atoms with van der Waals surface area (Å²) in [6.45, 7) is 0. The second-order valence-corrected chi connectivity index (χ2v) is 6.76. The maximum atomic E-state index is 13.0. The Morgan fingerprint density at radius 3 is 2.00 bits per heavy atom. The number of ether oxygens (including phenoxy) is 2. The van der Waals surface area contributed by atoms with Gasteiger partial charge in [0.1, 0.15) is 11.5 Å². The molecule has 4 rings (SSSR count). The molecule has 3 aromatic rings. The number of amides is 1.